The van der Waals surface area contributed by atoms with Crippen molar-refractivity contribution in [1.82, 2.24) is 16.0 Å². The smallest absolute Gasteiger partial charge is 0.416 e. The van der Waals surface area contributed by atoms with Gasteiger partial charge in [0.2, 0.25) is 0 Å². The minimum absolute atomic E-state index is 0.162. The van der Waals surface area contributed by atoms with Gasteiger partial charge in [-0.05, 0) is 50.7 Å². The highest BCUT2D eigenvalue weighted by Crippen LogP contribution is 2.29. The quantitative estimate of drug-likeness (QED) is 0.543. The molecule has 1 aromatic carbocycles. The molecule has 9 heteroatoms. The van der Waals surface area contributed by atoms with Gasteiger partial charge in [0.05, 0.1) is 5.56 Å². The van der Waals surface area contributed by atoms with E-state index < -0.39 is 23.4 Å². The van der Waals surface area contributed by atoms with Gasteiger partial charge in [0, 0.05) is 19.6 Å². The summed E-state index contributed by atoms with van der Waals surface area (Å²) in [6.45, 7) is 6.09. The third-order valence-electron chi connectivity index (χ3n) is 2.79. The van der Waals surface area contributed by atoms with Crippen LogP contribution in [-0.4, -0.2) is 29.9 Å². The SMILES string of the molecule is CC(C)(C)OC(=O)NCCNC(=S)NCc1cccc(C(F)(F)F)c1. The number of thiocarbonyl (C=S) groups is 1. The van der Waals surface area contributed by atoms with Crippen LogP contribution in [0, 0.1) is 0 Å². The Labute approximate surface area is 150 Å². The van der Waals surface area contributed by atoms with Crippen molar-refractivity contribution in [2.75, 3.05) is 13.1 Å². The maximum absolute atomic E-state index is 12.6. The van der Waals surface area contributed by atoms with E-state index in [4.69, 9.17) is 17.0 Å². The fourth-order valence-corrected chi connectivity index (χ4v) is 1.93. The first-order valence-electron chi connectivity index (χ1n) is 7.62. The van der Waals surface area contributed by atoms with Crippen LogP contribution >= 0.6 is 12.2 Å². The van der Waals surface area contributed by atoms with Crippen LogP contribution in [-0.2, 0) is 17.5 Å². The van der Waals surface area contributed by atoms with E-state index in [1.807, 2.05) is 0 Å². The number of hydrogen-bond acceptors (Lipinski definition) is 3. The average Bonchev–Trinajstić information content (AvgIpc) is 2.47. The van der Waals surface area contributed by atoms with E-state index in [0.29, 0.717) is 18.7 Å². The molecule has 0 aliphatic heterocycles. The highest BCUT2D eigenvalue weighted by atomic mass is 32.1. The van der Waals surface area contributed by atoms with Crippen molar-refractivity contribution < 1.29 is 22.7 Å². The molecule has 1 rings (SSSR count). The predicted octanol–water partition coefficient (Wildman–Crippen LogP) is 3.19. The molecule has 0 saturated carbocycles. The molecule has 0 unspecified atom stereocenters. The van der Waals surface area contributed by atoms with Crippen molar-refractivity contribution in [3.63, 3.8) is 0 Å². The Hall–Kier alpha value is -2.03. The van der Waals surface area contributed by atoms with Crippen molar-refractivity contribution in [2.24, 2.45) is 0 Å². The van der Waals surface area contributed by atoms with Gasteiger partial charge in [-0.2, -0.15) is 13.2 Å². The number of alkyl halides is 3. The Morgan fingerprint density at radius 3 is 2.36 bits per heavy atom. The maximum Gasteiger partial charge on any atom is 0.416 e. The molecule has 0 saturated heterocycles. The van der Waals surface area contributed by atoms with Crippen molar-refractivity contribution >= 4 is 23.4 Å². The number of amides is 1. The number of benzene rings is 1. The summed E-state index contributed by atoms with van der Waals surface area (Å²) in [6, 6.07) is 5.01. The predicted molar refractivity (Wildman–Crippen MR) is 93.1 cm³/mol. The van der Waals surface area contributed by atoms with Gasteiger partial charge in [-0.3, -0.25) is 0 Å². The van der Waals surface area contributed by atoms with Crippen LogP contribution in [0.15, 0.2) is 24.3 Å². The van der Waals surface area contributed by atoms with Crippen molar-refractivity contribution in [3.8, 4) is 0 Å². The summed E-state index contributed by atoms with van der Waals surface area (Å²) in [6.07, 6.45) is -4.90. The molecule has 0 spiro atoms. The lowest BCUT2D eigenvalue weighted by atomic mass is 10.1. The highest BCUT2D eigenvalue weighted by Gasteiger charge is 2.30. The summed E-state index contributed by atoms with van der Waals surface area (Å²) in [7, 11) is 0. The Morgan fingerprint density at radius 1 is 1.12 bits per heavy atom. The summed E-state index contributed by atoms with van der Waals surface area (Å²) in [5.41, 5.74) is -0.808. The van der Waals surface area contributed by atoms with Gasteiger partial charge in [-0.15, -0.1) is 0 Å². The van der Waals surface area contributed by atoms with Crippen LogP contribution < -0.4 is 16.0 Å². The molecule has 0 aliphatic carbocycles. The molecule has 0 aromatic heterocycles. The first-order valence-corrected chi connectivity index (χ1v) is 8.03. The van der Waals surface area contributed by atoms with E-state index in [9.17, 15) is 18.0 Å². The number of nitrogens with one attached hydrogen (secondary N) is 3. The number of ether oxygens (including phenoxy) is 1. The van der Waals surface area contributed by atoms with E-state index in [1.165, 1.54) is 6.07 Å². The fourth-order valence-electron chi connectivity index (χ4n) is 1.76. The lowest BCUT2D eigenvalue weighted by molar-refractivity contribution is -0.137. The molecule has 3 N–H and O–H groups in total. The minimum atomic E-state index is -4.37. The van der Waals surface area contributed by atoms with Crippen LogP contribution in [0.25, 0.3) is 0 Å². The second kappa shape index (κ2) is 8.89. The van der Waals surface area contributed by atoms with Gasteiger partial charge >= 0.3 is 12.3 Å². The molecule has 0 fully saturated rings. The zero-order chi connectivity index (χ0) is 19.1. The van der Waals surface area contributed by atoms with Crippen LogP contribution in [0.1, 0.15) is 31.9 Å². The number of halogens is 3. The third kappa shape index (κ3) is 9.13. The van der Waals surface area contributed by atoms with Crippen LogP contribution in [0.5, 0.6) is 0 Å². The Kier molecular flexibility index (Phi) is 7.47. The monoisotopic (exact) mass is 377 g/mol. The lowest BCUT2D eigenvalue weighted by Crippen LogP contribution is -2.41. The topological polar surface area (TPSA) is 62.4 Å². The maximum atomic E-state index is 12.6. The number of carbonyl (C=O) groups is 1. The molecule has 140 valence electrons. The van der Waals surface area contributed by atoms with E-state index >= 15 is 0 Å². The average molecular weight is 377 g/mol. The third-order valence-corrected chi connectivity index (χ3v) is 3.07. The highest BCUT2D eigenvalue weighted by molar-refractivity contribution is 7.80. The van der Waals surface area contributed by atoms with Gasteiger partial charge < -0.3 is 20.7 Å². The molecule has 1 amide bonds. The van der Waals surface area contributed by atoms with Crippen LogP contribution in [0.3, 0.4) is 0 Å². The number of hydrogen-bond donors (Lipinski definition) is 3. The molecule has 0 radical (unpaired) electrons. The molecule has 0 heterocycles. The molecule has 25 heavy (non-hydrogen) atoms. The summed E-state index contributed by atoms with van der Waals surface area (Å²) >= 11 is 5.04. The van der Waals surface area contributed by atoms with E-state index in [2.05, 4.69) is 16.0 Å². The Morgan fingerprint density at radius 2 is 1.76 bits per heavy atom. The largest absolute Gasteiger partial charge is 0.444 e. The van der Waals surface area contributed by atoms with Gasteiger partial charge in [0.1, 0.15) is 5.60 Å². The van der Waals surface area contributed by atoms with Gasteiger partial charge in [-0.25, -0.2) is 4.79 Å². The van der Waals surface area contributed by atoms with E-state index in [0.717, 1.165) is 12.1 Å². The Balaban J connectivity index is 2.29. The molecule has 5 nitrogen and oxygen atoms in total. The first-order chi connectivity index (χ1) is 11.5. The second-order valence-corrected chi connectivity index (χ2v) is 6.64. The zero-order valence-corrected chi connectivity index (χ0v) is 15.1. The zero-order valence-electron chi connectivity index (χ0n) is 14.3. The molecule has 0 atom stereocenters. The van der Waals surface area contributed by atoms with Gasteiger partial charge in [0.25, 0.3) is 0 Å². The second-order valence-electron chi connectivity index (χ2n) is 6.24. The van der Waals surface area contributed by atoms with E-state index in [-0.39, 0.29) is 11.7 Å². The number of rotatable bonds is 5. The fraction of sp³-hybridized carbons (Fsp3) is 0.500. The molecule has 0 bridgehead atoms. The minimum Gasteiger partial charge on any atom is -0.444 e. The molecular formula is C16H22F3N3O2S. The first kappa shape index (κ1) is 21.0. The summed E-state index contributed by atoms with van der Waals surface area (Å²) < 4.78 is 43.0. The molecule has 1 aromatic rings. The Bertz CT molecular complexity index is 601. The van der Waals surface area contributed by atoms with Gasteiger partial charge in [-0.1, -0.05) is 12.1 Å². The summed E-state index contributed by atoms with van der Waals surface area (Å²) in [5, 5.41) is 8.49. The summed E-state index contributed by atoms with van der Waals surface area (Å²) in [4.78, 5) is 11.4. The molecule has 0 aliphatic rings. The standard InChI is InChI=1S/C16H22F3N3O2S/c1-15(2,3)24-14(23)21-8-7-20-13(25)22-10-11-5-4-6-12(9-11)16(17,18)19/h4-6,9H,7-8,10H2,1-3H3,(H,21,23)(H2,20,22,25). The summed E-state index contributed by atoms with van der Waals surface area (Å²) in [5.74, 6) is 0. The van der Waals surface area contributed by atoms with Crippen molar-refractivity contribution in [2.45, 2.75) is 39.1 Å². The van der Waals surface area contributed by atoms with Gasteiger partial charge in [0.15, 0.2) is 5.11 Å². The number of carbonyl (C=O) groups excluding carboxylic acids is 1. The lowest BCUT2D eigenvalue weighted by Gasteiger charge is -2.19. The van der Waals surface area contributed by atoms with E-state index in [1.54, 1.807) is 26.8 Å². The van der Waals surface area contributed by atoms with Crippen LogP contribution in [0.4, 0.5) is 18.0 Å². The molecular weight excluding hydrogens is 355 g/mol. The van der Waals surface area contributed by atoms with Crippen molar-refractivity contribution in [3.05, 3.63) is 35.4 Å². The number of alkyl carbamates (subject to hydrolysis) is 1. The van der Waals surface area contributed by atoms with Crippen molar-refractivity contribution in [1.29, 1.82) is 0 Å². The normalized spacial score (nSPS) is 11.6. The van der Waals surface area contributed by atoms with Crippen LogP contribution in [0.2, 0.25) is 0 Å².